The molecule has 1 N–H and O–H groups in total. The maximum atomic E-state index is 12.6. The van der Waals surface area contributed by atoms with Crippen LogP contribution in [-0.4, -0.2) is 30.1 Å². The lowest BCUT2D eigenvalue weighted by Gasteiger charge is -2.30. The molecule has 0 atom stereocenters. The quantitative estimate of drug-likeness (QED) is 0.600. The van der Waals surface area contributed by atoms with Crippen LogP contribution in [0.1, 0.15) is 39.2 Å². The molecular formula is C18H20Cl2N2O4. The number of halogens is 2. The summed E-state index contributed by atoms with van der Waals surface area (Å²) in [6.07, 6.45) is 0. The highest BCUT2D eigenvalue weighted by molar-refractivity contribution is 6.33. The second-order valence-corrected chi connectivity index (χ2v) is 6.34. The molecule has 0 amide bonds. The molecular weight excluding hydrogens is 379 g/mol. The van der Waals surface area contributed by atoms with Gasteiger partial charge in [0.15, 0.2) is 0 Å². The van der Waals surface area contributed by atoms with Crippen molar-refractivity contribution in [2.24, 2.45) is 0 Å². The summed E-state index contributed by atoms with van der Waals surface area (Å²) in [6.45, 7) is 7.30. The molecule has 1 aliphatic rings. The molecule has 0 radical (unpaired) electrons. The predicted molar refractivity (Wildman–Crippen MR) is 98.8 cm³/mol. The predicted octanol–water partition coefficient (Wildman–Crippen LogP) is 3.75. The van der Waals surface area contributed by atoms with Crippen molar-refractivity contribution in [2.75, 3.05) is 13.2 Å². The molecule has 0 unspecified atom stereocenters. The lowest BCUT2D eigenvalue weighted by molar-refractivity contribution is -0.139. The largest absolute Gasteiger partial charge is 0.463 e. The van der Waals surface area contributed by atoms with E-state index >= 15 is 0 Å². The van der Waals surface area contributed by atoms with Gasteiger partial charge in [-0.05, 0) is 33.8 Å². The topological polar surface area (TPSA) is 77.5 Å². The summed E-state index contributed by atoms with van der Waals surface area (Å²) in [5, 5.41) is 3.37. The number of esters is 2. The standard InChI is InChI=1S/C18H20Cl2N2O4/c1-5-25-17(23)13-9(3)21-10(4)14(18(24)26-6-2)15(13)11-7-8-12(19)22-16(11)20/h7-8,15,21H,5-6H2,1-4H3. The molecule has 0 fully saturated rings. The van der Waals surface area contributed by atoms with Crippen LogP contribution in [-0.2, 0) is 19.1 Å². The Morgan fingerprint density at radius 2 is 1.54 bits per heavy atom. The van der Waals surface area contributed by atoms with Crippen LogP contribution >= 0.6 is 23.2 Å². The highest BCUT2D eigenvalue weighted by Crippen LogP contribution is 2.41. The number of dihydropyridines is 1. The molecule has 1 aromatic heterocycles. The summed E-state index contributed by atoms with van der Waals surface area (Å²) < 4.78 is 10.4. The first-order valence-corrected chi connectivity index (χ1v) is 8.92. The molecule has 0 bridgehead atoms. The van der Waals surface area contributed by atoms with Gasteiger partial charge in [0.05, 0.1) is 30.3 Å². The van der Waals surface area contributed by atoms with Gasteiger partial charge < -0.3 is 14.8 Å². The third-order valence-corrected chi connectivity index (χ3v) is 4.42. The van der Waals surface area contributed by atoms with E-state index in [-0.39, 0.29) is 34.7 Å². The van der Waals surface area contributed by atoms with Gasteiger partial charge in [-0.15, -0.1) is 0 Å². The number of nitrogens with zero attached hydrogens (tertiary/aromatic N) is 1. The first-order chi connectivity index (χ1) is 12.3. The molecule has 0 aliphatic carbocycles. The second-order valence-electron chi connectivity index (χ2n) is 5.59. The van der Waals surface area contributed by atoms with Gasteiger partial charge in [0.1, 0.15) is 10.3 Å². The molecule has 2 heterocycles. The Kier molecular flexibility index (Phi) is 6.67. The van der Waals surface area contributed by atoms with E-state index in [1.807, 2.05) is 0 Å². The van der Waals surface area contributed by atoms with E-state index in [4.69, 9.17) is 32.7 Å². The van der Waals surface area contributed by atoms with Crippen LogP contribution in [0.5, 0.6) is 0 Å². The van der Waals surface area contributed by atoms with Gasteiger partial charge in [0, 0.05) is 17.0 Å². The lowest BCUT2D eigenvalue weighted by atomic mass is 9.81. The average Bonchev–Trinajstić information content (AvgIpc) is 2.54. The zero-order valence-electron chi connectivity index (χ0n) is 15.0. The van der Waals surface area contributed by atoms with E-state index in [9.17, 15) is 9.59 Å². The van der Waals surface area contributed by atoms with Gasteiger partial charge in [-0.2, -0.15) is 0 Å². The summed E-state index contributed by atoms with van der Waals surface area (Å²) in [6, 6.07) is 3.20. The molecule has 0 saturated carbocycles. The van der Waals surface area contributed by atoms with Gasteiger partial charge in [-0.1, -0.05) is 29.3 Å². The number of hydrogen-bond acceptors (Lipinski definition) is 6. The van der Waals surface area contributed by atoms with E-state index in [0.717, 1.165) is 0 Å². The van der Waals surface area contributed by atoms with Crippen LogP contribution in [0.2, 0.25) is 10.3 Å². The van der Waals surface area contributed by atoms with E-state index in [1.54, 1.807) is 39.8 Å². The van der Waals surface area contributed by atoms with Crippen molar-refractivity contribution in [3.63, 3.8) is 0 Å². The van der Waals surface area contributed by atoms with E-state index in [1.165, 1.54) is 0 Å². The minimum absolute atomic E-state index is 0.105. The number of carbonyl (C=O) groups is 2. The number of carbonyl (C=O) groups excluding carboxylic acids is 2. The molecule has 8 heteroatoms. The maximum Gasteiger partial charge on any atom is 0.336 e. The summed E-state index contributed by atoms with van der Waals surface area (Å²) in [4.78, 5) is 29.3. The van der Waals surface area contributed by atoms with Crippen LogP contribution in [0.4, 0.5) is 0 Å². The Morgan fingerprint density at radius 3 is 1.96 bits per heavy atom. The first kappa shape index (κ1) is 20.3. The Bertz CT molecular complexity index is 762. The van der Waals surface area contributed by atoms with Gasteiger partial charge in [0.25, 0.3) is 0 Å². The number of pyridine rings is 1. The molecule has 1 aromatic rings. The van der Waals surface area contributed by atoms with Crippen molar-refractivity contribution >= 4 is 35.1 Å². The Balaban J connectivity index is 2.69. The van der Waals surface area contributed by atoms with E-state index < -0.39 is 17.9 Å². The summed E-state index contributed by atoms with van der Waals surface area (Å²) >= 11 is 12.2. The molecule has 1 aliphatic heterocycles. The number of hydrogen-bond donors (Lipinski definition) is 1. The molecule has 0 saturated heterocycles. The zero-order chi connectivity index (χ0) is 19.4. The highest BCUT2D eigenvalue weighted by atomic mass is 35.5. The van der Waals surface area contributed by atoms with Crippen molar-refractivity contribution < 1.29 is 19.1 Å². The third-order valence-electron chi connectivity index (χ3n) is 3.91. The number of nitrogens with one attached hydrogen (secondary N) is 1. The minimum Gasteiger partial charge on any atom is -0.463 e. The summed E-state index contributed by atoms with van der Waals surface area (Å²) in [5.74, 6) is -1.85. The number of rotatable bonds is 5. The smallest absolute Gasteiger partial charge is 0.336 e. The summed E-state index contributed by atoms with van der Waals surface area (Å²) in [7, 11) is 0. The van der Waals surface area contributed by atoms with E-state index in [0.29, 0.717) is 17.0 Å². The fraction of sp³-hybridized carbons (Fsp3) is 0.389. The molecule has 26 heavy (non-hydrogen) atoms. The van der Waals surface area contributed by atoms with Crippen molar-refractivity contribution in [3.05, 3.63) is 50.5 Å². The van der Waals surface area contributed by atoms with Crippen LogP contribution in [0, 0.1) is 0 Å². The molecule has 140 valence electrons. The minimum atomic E-state index is -0.772. The molecule has 0 aromatic carbocycles. The van der Waals surface area contributed by atoms with Gasteiger partial charge in [0.2, 0.25) is 0 Å². The van der Waals surface area contributed by atoms with Crippen molar-refractivity contribution in [1.29, 1.82) is 0 Å². The monoisotopic (exact) mass is 398 g/mol. The van der Waals surface area contributed by atoms with Gasteiger partial charge >= 0.3 is 11.9 Å². The normalized spacial score (nSPS) is 15.0. The van der Waals surface area contributed by atoms with Crippen molar-refractivity contribution in [1.82, 2.24) is 10.3 Å². The zero-order valence-corrected chi connectivity index (χ0v) is 16.5. The van der Waals surface area contributed by atoms with Crippen molar-refractivity contribution in [3.8, 4) is 0 Å². The average molecular weight is 399 g/mol. The SMILES string of the molecule is CCOC(=O)C1=C(C)NC(C)=C(C(=O)OCC)C1c1ccc(Cl)nc1Cl. The van der Waals surface area contributed by atoms with E-state index in [2.05, 4.69) is 10.3 Å². The Labute approximate surface area is 162 Å². The fourth-order valence-electron chi connectivity index (χ4n) is 2.90. The number of allylic oxidation sites excluding steroid dienone is 2. The molecule has 0 spiro atoms. The fourth-order valence-corrected chi connectivity index (χ4v) is 3.36. The lowest BCUT2D eigenvalue weighted by Crippen LogP contribution is -2.32. The van der Waals surface area contributed by atoms with Crippen molar-refractivity contribution in [2.45, 2.75) is 33.6 Å². The second kappa shape index (κ2) is 8.56. The van der Waals surface area contributed by atoms with Crippen LogP contribution in [0.3, 0.4) is 0 Å². The molecule has 2 rings (SSSR count). The summed E-state index contributed by atoms with van der Waals surface area (Å²) in [5.41, 5.74) is 2.19. The third kappa shape index (κ3) is 4.02. The van der Waals surface area contributed by atoms with Gasteiger partial charge in [-0.25, -0.2) is 14.6 Å². The highest BCUT2D eigenvalue weighted by Gasteiger charge is 2.39. The Morgan fingerprint density at radius 1 is 1.04 bits per heavy atom. The first-order valence-electron chi connectivity index (χ1n) is 8.16. The van der Waals surface area contributed by atoms with Gasteiger partial charge in [-0.3, -0.25) is 0 Å². The molecule has 6 nitrogen and oxygen atoms in total. The van der Waals surface area contributed by atoms with Crippen LogP contribution < -0.4 is 5.32 Å². The maximum absolute atomic E-state index is 12.6. The number of aromatic nitrogens is 1. The van der Waals surface area contributed by atoms with Crippen LogP contribution in [0.25, 0.3) is 0 Å². The Hall–Kier alpha value is -2.05. The number of ether oxygens (including phenoxy) is 2. The van der Waals surface area contributed by atoms with Crippen LogP contribution in [0.15, 0.2) is 34.7 Å².